The Balaban J connectivity index is 1.80. The van der Waals surface area contributed by atoms with Crippen LogP contribution < -0.4 is 5.32 Å². The number of benzene rings is 1. The summed E-state index contributed by atoms with van der Waals surface area (Å²) in [7, 11) is 0. The molecular weight excluding hydrogens is 370 g/mol. The molecule has 0 bridgehead atoms. The van der Waals surface area contributed by atoms with Crippen molar-refractivity contribution in [2.45, 2.75) is 43.5 Å². The number of nitrogens with one attached hydrogen (secondary N) is 1. The van der Waals surface area contributed by atoms with Gasteiger partial charge in [-0.1, -0.05) is 41.9 Å². The maximum atomic E-state index is 12.5. The zero-order valence-corrected chi connectivity index (χ0v) is 16.9. The monoisotopic (exact) mass is 393 g/mol. The molecule has 1 aromatic carbocycles. The lowest BCUT2D eigenvalue weighted by molar-refractivity contribution is -0.120. The van der Waals surface area contributed by atoms with Crippen LogP contribution in [0, 0.1) is 13.8 Å². The predicted molar refractivity (Wildman–Crippen MR) is 111 cm³/mol. The molecule has 1 saturated heterocycles. The number of pyridine rings is 1. The fourth-order valence-electron chi connectivity index (χ4n) is 3.43. The summed E-state index contributed by atoms with van der Waals surface area (Å²) in [6, 6.07) is 12.1. The van der Waals surface area contributed by atoms with Crippen molar-refractivity contribution in [3.05, 3.63) is 53.7 Å². The molecule has 1 aliphatic heterocycles. The molecule has 0 saturated carbocycles. The number of carbonyl (C=O) groups is 1. The van der Waals surface area contributed by atoms with Gasteiger partial charge in [-0.05, 0) is 50.5 Å². The van der Waals surface area contributed by atoms with Gasteiger partial charge >= 0.3 is 0 Å². The summed E-state index contributed by atoms with van der Waals surface area (Å²) in [5.41, 5.74) is 4.09. The Bertz CT molecular complexity index is 986. The van der Waals surface area contributed by atoms with Crippen molar-refractivity contribution in [3.63, 3.8) is 0 Å². The number of aryl methyl sites for hydroxylation is 2. The molecule has 3 heterocycles. The molecule has 28 heavy (non-hydrogen) atoms. The molecule has 1 aliphatic rings. The van der Waals surface area contributed by atoms with E-state index < -0.39 is 0 Å². The number of nitrogens with zero attached hydrogens (tertiary/aromatic N) is 4. The minimum absolute atomic E-state index is 0.0806. The summed E-state index contributed by atoms with van der Waals surface area (Å²) in [6.45, 7) is 4.91. The van der Waals surface area contributed by atoms with Crippen LogP contribution in [0.2, 0.25) is 0 Å². The first-order valence-corrected chi connectivity index (χ1v) is 10.4. The lowest BCUT2D eigenvalue weighted by Gasteiger charge is -2.16. The molecule has 6 nitrogen and oxygen atoms in total. The molecule has 1 N–H and O–H groups in total. The van der Waals surface area contributed by atoms with Crippen molar-refractivity contribution < 1.29 is 4.79 Å². The van der Waals surface area contributed by atoms with Gasteiger partial charge in [0.2, 0.25) is 5.91 Å². The molecule has 4 rings (SSSR count). The topological polar surface area (TPSA) is 72.7 Å². The van der Waals surface area contributed by atoms with E-state index in [1.807, 2.05) is 22.8 Å². The van der Waals surface area contributed by atoms with Gasteiger partial charge in [0, 0.05) is 12.7 Å². The lowest BCUT2D eigenvalue weighted by atomic mass is 10.1. The second-order valence-electron chi connectivity index (χ2n) is 7.04. The molecule has 1 fully saturated rings. The largest absolute Gasteiger partial charge is 0.355 e. The van der Waals surface area contributed by atoms with Crippen molar-refractivity contribution in [1.29, 1.82) is 0 Å². The predicted octanol–water partition coefficient (Wildman–Crippen LogP) is 3.71. The minimum atomic E-state index is -0.159. The molecule has 0 radical (unpaired) electrons. The number of hydrogen-bond donors (Lipinski definition) is 1. The Labute approximate surface area is 168 Å². The van der Waals surface area contributed by atoms with Crippen LogP contribution in [0.1, 0.15) is 30.4 Å². The smallest absolute Gasteiger partial charge is 0.233 e. The third-order valence-corrected chi connectivity index (χ3v) is 6.06. The average molecular weight is 394 g/mol. The van der Waals surface area contributed by atoms with Gasteiger partial charge in [-0.25, -0.2) is 0 Å². The first-order valence-electron chi connectivity index (χ1n) is 9.52. The molecule has 1 amide bonds. The third-order valence-electron chi connectivity index (χ3n) is 4.85. The van der Waals surface area contributed by atoms with E-state index in [-0.39, 0.29) is 11.2 Å². The molecule has 144 valence electrons. The van der Waals surface area contributed by atoms with Crippen LogP contribution in [-0.2, 0) is 4.79 Å². The van der Waals surface area contributed by atoms with Crippen molar-refractivity contribution in [2.24, 2.45) is 0 Å². The molecule has 0 unspecified atom stereocenters. The van der Waals surface area contributed by atoms with Gasteiger partial charge in [-0.15, -0.1) is 10.2 Å². The van der Waals surface area contributed by atoms with E-state index in [0.29, 0.717) is 5.82 Å². The fraction of sp³-hybridized carbons (Fsp3) is 0.333. The van der Waals surface area contributed by atoms with Gasteiger partial charge in [-0.2, -0.15) is 0 Å². The highest BCUT2D eigenvalue weighted by molar-refractivity contribution is 8.00. The van der Waals surface area contributed by atoms with E-state index in [2.05, 4.69) is 52.5 Å². The second-order valence-corrected chi connectivity index (χ2v) is 8.21. The van der Waals surface area contributed by atoms with E-state index in [0.717, 1.165) is 47.9 Å². The van der Waals surface area contributed by atoms with Crippen LogP contribution in [0.15, 0.2) is 47.8 Å². The highest BCUT2D eigenvalue weighted by atomic mass is 32.2. The van der Waals surface area contributed by atoms with Gasteiger partial charge in [-0.3, -0.25) is 14.3 Å². The summed E-state index contributed by atoms with van der Waals surface area (Å²) in [6.07, 6.45) is 4.64. The van der Waals surface area contributed by atoms with Crippen molar-refractivity contribution in [1.82, 2.24) is 25.1 Å². The Morgan fingerprint density at radius 1 is 1.14 bits per heavy atom. The highest BCUT2D eigenvalue weighted by Gasteiger charge is 2.26. The third kappa shape index (κ3) is 3.80. The van der Waals surface area contributed by atoms with Crippen LogP contribution in [0.4, 0.5) is 0 Å². The number of aromatic nitrogens is 4. The molecule has 0 spiro atoms. The molecule has 2 aromatic heterocycles. The van der Waals surface area contributed by atoms with Gasteiger partial charge < -0.3 is 5.32 Å². The second kappa shape index (κ2) is 8.14. The van der Waals surface area contributed by atoms with Gasteiger partial charge in [0.05, 0.1) is 10.9 Å². The lowest BCUT2D eigenvalue weighted by Crippen LogP contribution is -2.30. The quantitative estimate of drug-likeness (QED) is 0.732. The number of thioether (sulfide) groups is 1. The number of rotatable bonds is 4. The summed E-state index contributed by atoms with van der Waals surface area (Å²) >= 11 is 1.49. The summed E-state index contributed by atoms with van der Waals surface area (Å²) in [5, 5.41) is 12.4. The average Bonchev–Trinajstić information content (AvgIpc) is 2.99. The minimum Gasteiger partial charge on any atom is -0.355 e. The van der Waals surface area contributed by atoms with E-state index in [1.165, 1.54) is 17.3 Å². The van der Waals surface area contributed by atoms with Crippen molar-refractivity contribution in [3.8, 4) is 17.2 Å². The molecule has 7 heteroatoms. The standard InChI is InChI=1S/C21H23N5OS/c1-14-9-10-17(15(2)13-14)26-19(16-7-3-5-11-22-16)24-25-21(26)28-18-8-4-6-12-23-20(18)27/h3,5,7,9-11,13,18H,4,6,8,12H2,1-2H3,(H,23,27)/t18-/m1/s1. The first-order chi connectivity index (χ1) is 13.6. The van der Waals surface area contributed by atoms with Crippen LogP contribution in [0.5, 0.6) is 0 Å². The highest BCUT2D eigenvalue weighted by Crippen LogP contribution is 2.33. The molecule has 1 atom stereocenters. The number of hydrogen-bond acceptors (Lipinski definition) is 5. The summed E-state index contributed by atoms with van der Waals surface area (Å²) in [5.74, 6) is 0.765. The zero-order chi connectivity index (χ0) is 19.5. The van der Waals surface area contributed by atoms with E-state index in [4.69, 9.17) is 0 Å². The van der Waals surface area contributed by atoms with Crippen LogP contribution in [0.3, 0.4) is 0 Å². The SMILES string of the molecule is Cc1ccc(-n2c(S[C@@H]3CCCCNC3=O)nnc2-c2ccccn2)c(C)c1. The van der Waals surface area contributed by atoms with Gasteiger partial charge in [0.15, 0.2) is 11.0 Å². The Morgan fingerprint density at radius 3 is 2.82 bits per heavy atom. The maximum absolute atomic E-state index is 12.5. The molecule has 3 aromatic rings. The first kappa shape index (κ1) is 18.7. The number of carbonyl (C=O) groups excluding carboxylic acids is 1. The van der Waals surface area contributed by atoms with Crippen LogP contribution >= 0.6 is 11.8 Å². The van der Waals surface area contributed by atoms with Gasteiger partial charge in [0.25, 0.3) is 0 Å². The normalized spacial score (nSPS) is 17.2. The fourth-order valence-corrected chi connectivity index (χ4v) is 4.54. The van der Waals surface area contributed by atoms with E-state index in [9.17, 15) is 4.79 Å². The summed E-state index contributed by atoms with van der Waals surface area (Å²) < 4.78 is 2.03. The van der Waals surface area contributed by atoms with Crippen LogP contribution in [0.25, 0.3) is 17.2 Å². The maximum Gasteiger partial charge on any atom is 0.233 e. The van der Waals surface area contributed by atoms with Gasteiger partial charge in [0.1, 0.15) is 5.69 Å². The molecular formula is C21H23N5OS. The number of amides is 1. The Kier molecular flexibility index (Phi) is 5.43. The zero-order valence-electron chi connectivity index (χ0n) is 16.1. The van der Waals surface area contributed by atoms with E-state index in [1.54, 1.807) is 6.20 Å². The van der Waals surface area contributed by atoms with Crippen molar-refractivity contribution in [2.75, 3.05) is 6.54 Å². The van der Waals surface area contributed by atoms with Crippen molar-refractivity contribution >= 4 is 17.7 Å². The summed E-state index contributed by atoms with van der Waals surface area (Å²) in [4.78, 5) is 16.9. The Hall–Kier alpha value is -2.67. The Morgan fingerprint density at radius 2 is 2.04 bits per heavy atom. The van der Waals surface area contributed by atoms with E-state index >= 15 is 0 Å². The van der Waals surface area contributed by atoms with Crippen LogP contribution in [-0.4, -0.2) is 37.5 Å². The molecule has 0 aliphatic carbocycles.